The molecule has 33 heavy (non-hydrogen) atoms. The Kier molecular flexibility index (Phi) is 8.25. The molecule has 3 rings (SSSR count). The Labute approximate surface area is 196 Å². The van der Waals surface area contributed by atoms with Crippen LogP contribution in [0.3, 0.4) is 0 Å². The summed E-state index contributed by atoms with van der Waals surface area (Å²) < 4.78 is 27.9. The minimum Gasteiger partial charge on any atom is -0.348 e. The fourth-order valence-corrected chi connectivity index (χ4v) is 4.56. The van der Waals surface area contributed by atoms with Crippen molar-refractivity contribution in [2.75, 3.05) is 17.8 Å². The predicted molar refractivity (Wildman–Crippen MR) is 133 cm³/mol. The van der Waals surface area contributed by atoms with Crippen LogP contribution in [0, 0.1) is 6.92 Å². The Morgan fingerprint density at radius 1 is 0.848 bits per heavy atom. The predicted octanol–water partition coefficient (Wildman–Crippen LogP) is 4.57. The number of hydrogen-bond donors (Lipinski definition) is 2. The second kappa shape index (κ2) is 11.1. The van der Waals surface area contributed by atoms with Crippen LogP contribution in [0.5, 0.6) is 0 Å². The fourth-order valence-electron chi connectivity index (χ4n) is 3.43. The molecule has 0 aliphatic heterocycles. The zero-order valence-electron chi connectivity index (χ0n) is 19.3. The molecular weight excluding hydrogens is 434 g/mol. The number of nitrogens with one attached hydrogen (secondary N) is 2. The second-order valence-corrected chi connectivity index (χ2v) is 9.59. The summed E-state index contributed by atoms with van der Waals surface area (Å²) in [4.78, 5) is 15.0. The molecule has 0 saturated heterocycles. The Bertz CT molecular complexity index is 1170. The van der Waals surface area contributed by atoms with E-state index in [1.165, 1.54) is 29.8 Å². The van der Waals surface area contributed by atoms with Gasteiger partial charge in [0, 0.05) is 18.7 Å². The molecule has 7 heteroatoms. The second-order valence-electron chi connectivity index (χ2n) is 7.91. The average molecular weight is 466 g/mol. The van der Waals surface area contributed by atoms with Crippen LogP contribution in [-0.2, 0) is 23.1 Å². The molecule has 0 heterocycles. The maximum atomic E-state index is 12.7. The SMILES string of the molecule is CCN(CC)Cc1ccc(CNC(=O)c2ccc(S(=O)(=O)Nc3ccccc3C)cc2)cc1. The zero-order valence-corrected chi connectivity index (χ0v) is 20.2. The van der Waals surface area contributed by atoms with E-state index < -0.39 is 10.0 Å². The number of aryl methyl sites for hydroxylation is 1. The van der Waals surface area contributed by atoms with Crippen molar-refractivity contribution >= 4 is 21.6 Å². The number of anilines is 1. The van der Waals surface area contributed by atoms with Gasteiger partial charge in [-0.1, -0.05) is 56.3 Å². The Morgan fingerprint density at radius 2 is 1.45 bits per heavy atom. The first-order valence-corrected chi connectivity index (χ1v) is 12.6. The number of nitrogens with zero attached hydrogens (tertiary/aromatic N) is 1. The maximum Gasteiger partial charge on any atom is 0.261 e. The van der Waals surface area contributed by atoms with Crippen molar-refractivity contribution < 1.29 is 13.2 Å². The van der Waals surface area contributed by atoms with Crippen LogP contribution in [-0.4, -0.2) is 32.3 Å². The zero-order chi connectivity index (χ0) is 23.8. The van der Waals surface area contributed by atoms with Gasteiger partial charge in [0.05, 0.1) is 10.6 Å². The summed E-state index contributed by atoms with van der Waals surface area (Å²) in [7, 11) is -3.74. The first kappa shape index (κ1) is 24.5. The van der Waals surface area contributed by atoms with Crippen LogP contribution in [0.1, 0.15) is 40.9 Å². The van der Waals surface area contributed by atoms with E-state index in [9.17, 15) is 13.2 Å². The Balaban J connectivity index is 1.58. The molecule has 0 aliphatic carbocycles. The molecule has 3 aromatic rings. The van der Waals surface area contributed by atoms with E-state index in [4.69, 9.17) is 0 Å². The molecule has 0 saturated carbocycles. The third-order valence-corrected chi connectivity index (χ3v) is 6.97. The largest absolute Gasteiger partial charge is 0.348 e. The summed E-state index contributed by atoms with van der Waals surface area (Å²) >= 11 is 0. The monoisotopic (exact) mass is 465 g/mol. The van der Waals surface area contributed by atoms with E-state index in [1.807, 2.05) is 31.2 Å². The lowest BCUT2D eigenvalue weighted by molar-refractivity contribution is 0.0951. The fraction of sp³-hybridized carbons (Fsp3) is 0.269. The normalized spacial score (nSPS) is 11.4. The molecule has 6 nitrogen and oxygen atoms in total. The van der Waals surface area contributed by atoms with Crippen molar-refractivity contribution in [3.63, 3.8) is 0 Å². The molecule has 0 fully saturated rings. The number of hydrogen-bond acceptors (Lipinski definition) is 4. The standard InChI is InChI=1S/C26H31N3O3S/c1-4-29(5-2)19-22-12-10-21(11-13-22)18-27-26(30)23-14-16-24(17-15-23)33(31,32)28-25-9-7-6-8-20(25)3/h6-17,28H,4-5,18-19H2,1-3H3,(H,27,30). The van der Waals surface area contributed by atoms with Gasteiger partial charge in [-0.25, -0.2) is 8.42 Å². The minimum atomic E-state index is -3.74. The van der Waals surface area contributed by atoms with Crippen molar-refractivity contribution in [3.8, 4) is 0 Å². The molecule has 0 radical (unpaired) electrons. The minimum absolute atomic E-state index is 0.103. The van der Waals surface area contributed by atoms with Gasteiger partial charge in [-0.2, -0.15) is 0 Å². The van der Waals surface area contributed by atoms with Gasteiger partial charge in [-0.3, -0.25) is 14.4 Å². The third-order valence-electron chi connectivity index (χ3n) is 5.59. The molecule has 174 valence electrons. The molecule has 0 atom stereocenters. The van der Waals surface area contributed by atoms with Gasteiger partial charge in [0.15, 0.2) is 0 Å². The van der Waals surface area contributed by atoms with Gasteiger partial charge < -0.3 is 5.32 Å². The quantitative estimate of drug-likeness (QED) is 0.460. The lowest BCUT2D eigenvalue weighted by atomic mass is 10.1. The number of carbonyl (C=O) groups excluding carboxylic acids is 1. The van der Waals surface area contributed by atoms with E-state index >= 15 is 0 Å². The molecule has 0 aliphatic rings. The van der Waals surface area contributed by atoms with Gasteiger partial charge in [0.25, 0.3) is 15.9 Å². The number of benzene rings is 3. The molecule has 0 bridgehead atoms. The molecule has 1 amide bonds. The van der Waals surface area contributed by atoms with Crippen molar-refractivity contribution in [2.24, 2.45) is 0 Å². The molecule has 0 spiro atoms. The molecule has 0 unspecified atom stereocenters. The molecule has 0 aromatic heterocycles. The highest BCUT2D eigenvalue weighted by Gasteiger charge is 2.16. The summed E-state index contributed by atoms with van der Waals surface area (Å²) in [5.74, 6) is -0.252. The molecule has 3 aromatic carbocycles. The maximum absolute atomic E-state index is 12.7. The highest BCUT2D eigenvalue weighted by molar-refractivity contribution is 7.92. The van der Waals surface area contributed by atoms with Crippen LogP contribution < -0.4 is 10.0 Å². The van der Waals surface area contributed by atoms with Crippen molar-refractivity contribution in [1.29, 1.82) is 0 Å². The van der Waals surface area contributed by atoms with E-state index in [-0.39, 0.29) is 10.8 Å². The van der Waals surface area contributed by atoms with E-state index in [1.54, 1.807) is 12.1 Å². The lowest BCUT2D eigenvalue weighted by Crippen LogP contribution is -2.23. The van der Waals surface area contributed by atoms with E-state index in [2.05, 4.69) is 40.9 Å². The van der Waals surface area contributed by atoms with Gasteiger partial charge >= 0.3 is 0 Å². The van der Waals surface area contributed by atoms with Crippen molar-refractivity contribution in [2.45, 2.75) is 38.8 Å². The van der Waals surface area contributed by atoms with Crippen molar-refractivity contribution in [1.82, 2.24) is 10.2 Å². The van der Waals surface area contributed by atoms with Crippen LogP contribution in [0.25, 0.3) is 0 Å². The highest BCUT2D eigenvalue weighted by atomic mass is 32.2. The Morgan fingerprint density at radius 3 is 2.06 bits per heavy atom. The summed E-state index contributed by atoms with van der Waals surface area (Å²) in [5, 5.41) is 2.89. The van der Waals surface area contributed by atoms with Gasteiger partial charge in [0.2, 0.25) is 0 Å². The van der Waals surface area contributed by atoms with Gasteiger partial charge in [-0.05, 0) is 67.0 Å². The smallest absolute Gasteiger partial charge is 0.261 e. The van der Waals surface area contributed by atoms with Gasteiger partial charge in [-0.15, -0.1) is 0 Å². The summed E-state index contributed by atoms with van der Waals surface area (Å²) in [6.07, 6.45) is 0. The summed E-state index contributed by atoms with van der Waals surface area (Å²) in [6.45, 7) is 9.47. The Hall–Kier alpha value is -3.16. The summed E-state index contributed by atoms with van der Waals surface area (Å²) in [5.41, 5.74) is 4.02. The lowest BCUT2D eigenvalue weighted by Gasteiger charge is -2.18. The van der Waals surface area contributed by atoms with E-state index in [0.717, 1.165) is 30.8 Å². The number of sulfonamides is 1. The molecule has 2 N–H and O–H groups in total. The van der Waals surface area contributed by atoms with Crippen molar-refractivity contribution in [3.05, 3.63) is 95.1 Å². The first-order chi connectivity index (χ1) is 15.8. The summed E-state index contributed by atoms with van der Waals surface area (Å²) in [6, 6.07) is 21.3. The number of para-hydroxylation sites is 1. The highest BCUT2D eigenvalue weighted by Crippen LogP contribution is 2.19. The number of carbonyl (C=O) groups is 1. The van der Waals surface area contributed by atoms with Crippen LogP contribution in [0.4, 0.5) is 5.69 Å². The number of rotatable bonds is 10. The van der Waals surface area contributed by atoms with E-state index in [0.29, 0.717) is 17.8 Å². The molecular formula is C26H31N3O3S. The van der Waals surface area contributed by atoms with Crippen LogP contribution >= 0.6 is 0 Å². The third kappa shape index (κ3) is 6.66. The van der Waals surface area contributed by atoms with Gasteiger partial charge in [0.1, 0.15) is 0 Å². The number of amides is 1. The topological polar surface area (TPSA) is 78.5 Å². The van der Waals surface area contributed by atoms with Crippen LogP contribution in [0.15, 0.2) is 77.7 Å². The average Bonchev–Trinajstić information content (AvgIpc) is 2.83. The first-order valence-electron chi connectivity index (χ1n) is 11.1. The van der Waals surface area contributed by atoms with Crippen LogP contribution in [0.2, 0.25) is 0 Å².